The monoisotopic (exact) mass is 222 g/mol. The molecule has 1 saturated heterocycles. The van der Waals surface area contributed by atoms with Gasteiger partial charge in [-0.25, -0.2) is 0 Å². The molecule has 0 radical (unpaired) electrons. The Morgan fingerprint density at radius 3 is 3.19 bits per heavy atom. The summed E-state index contributed by atoms with van der Waals surface area (Å²) >= 11 is 0. The molecule has 0 N–H and O–H groups in total. The zero-order valence-electron chi connectivity index (χ0n) is 9.65. The van der Waals surface area contributed by atoms with Gasteiger partial charge in [-0.2, -0.15) is 0 Å². The van der Waals surface area contributed by atoms with E-state index in [1.54, 1.807) is 0 Å². The van der Waals surface area contributed by atoms with Crippen molar-refractivity contribution in [3.63, 3.8) is 0 Å². The Labute approximate surface area is 95.5 Å². The van der Waals surface area contributed by atoms with Crippen molar-refractivity contribution in [2.75, 3.05) is 6.61 Å². The Balaban J connectivity index is 1.79. The summed E-state index contributed by atoms with van der Waals surface area (Å²) in [6, 6.07) is 0. The van der Waals surface area contributed by atoms with Crippen LogP contribution in [0.4, 0.5) is 0 Å². The molecule has 4 rings (SSSR count). The maximum Gasteiger partial charge on any atom is 0.179 e. The molecule has 1 aliphatic heterocycles. The summed E-state index contributed by atoms with van der Waals surface area (Å²) in [6.07, 6.45) is 4.74. The van der Waals surface area contributed by atoms with Crippen LogP contribution < -0.4 is 0 Å². The van der Waals surface area contributed by atoms with Crippen LogP contribution in [0.1, 0.15) is 32.6 Å². The quantitative estimate of drug-likeness (QED) is 0.714. The largest absolute Gasteiger partial charge is 0.349 e. The molecule has 4 fully saturated rings. The zero-order chi connectivity index (χ0) is 10.9. The molecule has 2 bridgehead atoms. The Morgan fingerprint density at radius 1 is 1.50 bits per heavy atom. The molecule has 0 amide bonds. The highest BCUT2D eigenvalue weighted by Gasteiger charge is 2.74. The van der Waals surface area contributed by atoms with Gasteiger partial charge in [-0.15, -0.1) is 0 Å². The summed E-state index contributed by atoms with van der Waals surface area (Å²) in [6.45, 7) is 2.65. The van der Waals surface area contributed by atoms with Crippen molar-refractivity contribution in [2.24, 2.45) is 23.7 Å². The van der Waals surface area contributed by atoms with Gasteiger partial charge < -0.3 is 9.47 Å². The third-order valence-corrected chi connectivity index (χ3v) is 5.24. The van der Waals surface area contributed by atoms with Crippen LogP contribution >= 0.6 is 0 Å². The first-order valence-corrected chi connectivity index (χ1v) is 6.62. The number of Topliss-reactive ketones (excluding diaryl/α,β-unsaturated/α-hetero) is 1. The van der Waals surface area contributed by atoms with Gasteiger partial charge in [0, 0.05) is 24.9 Å². The molecule has 16 heavy (non-hydrogen) atoms. The van der Waals surface area contributed by atoms with Crippen LogP contribution in [-0.2, 0) is 14.3 Å². The molecule has 88 valence electrons. The van der Waals surface area contributed by atoms with E-state index in [9.17, 15) is 4.79 Å². The highest BCUT2D eigenvalue weighted by Crippen LogP contribution is 2.66. The molecule has 3 nitrogen and oxygen atoms in total. The fourth-order valence-corrected chi connectivity index (χ4v) is 4.92. The van der Waals surface area contributed by atoms with Crippen LogP contribution in [0.3, 0.4) is 0 Å². The van der Waals surface area contributed by atoms with Gasteiger partial charge in [-0.1, -0.05) is 6.42 Å². The zero-order valence-corrected chi connectivity index (χ0v) is 9.65. The molecule has 1 heterocycles. The van der Waals surface area contributed by atoms with Crippen LogP contribution in [0.15, 0.2) is 0 Å². The first kappa shape index (κ1) is 9.60. The number of carbonyl (C=O) groups is 1. The molecule has 0 spiro atoms. The highest BCUT2D eigenvalue weighted by molar-refractivity contribution is 5.90. The molecule has 3 heteroatoms. The molecule has 0 aromatic rings. The van der Waals surface area contributed by atoms with Gasteiger partial charge in [0.15, 0.2) is 5.79 Å². The molecule has 6 atom stereocenters. The van der Waals surface area contributed by atoms with E-state index < -0.39 is 5.79 Å². The van der Waals surface area contributed by atoms with E-state index >= 15 is 0 Å². The van der Waals surface area contributed by atoms with Gasteiger partial charge in [0.2, 0.25) is 0 Å². The smallest absolute Gasteiger partial charge is 0.179 e. The molecule has 0 aromatic heterocycles. The summed E-state index contributed by atoms with van der Waals surface area (Å²) in [5.41, 5.74) is 0. The number of fused-ring (bicyclic) bond motifs is 2. The first-order valence-electron chi connectivity index (χ1n) is 6.62. The SMILES string of the molecule is CCO[C@@]12C[C@H]3C(=O)[C@@H]1[C@@H]1[C@H]3CCC[C@@H]1O2. The molecule has 3 aliphatic carbocycles. The molecule has 0 aromatic carbocycles. The van der Waals surface area contributed by atoms with E-state index in [0.29, 0.717) is 30.3 Å². The second-order valence-electron chi connectivity index (χ2n) is 5.76. The average Bonchev–Trinajstić information content (AvgIpc) is 2.81. The van der Waals surface area contributed by atoms with Gasteiger partial charge in [0.05, 0.1) is 12.0 Å². The van der Waals surface area contributed by atoms with Crippen molar-refractivity contribution in [3.8, 4) is 0 Å². The van der Waals surface area contributed by atoms with Gasteiger partial charge in [0.25, 0.3) is 0 Å². The molecule has 0 unspecified atom stereocenters. The van der Waals surface area contributed by atoms with Crippen molar-refractivity contribution in [2.45, 2.75) is 44.5 Å². The Bertz CT molecular complexity index is 353. The Hall–Kier alpha value is -0.410. The van der Waals surface area contributed by atoms with Gasteiger partial charge in [-0.05, 0) is 25.7 Å². The number of ether oxygens (including phenoxy) is 2. The summed E-state index contributed by atoms with van der Waals surface area (Å²) in [5, 5.41) is 0. The lowest BCUT2D eigenvalue weighted by Gasteiger charge is -2.34. The Kier molecular flexibility index (Phi) is 1.73. The van der Waals surface area contributed by atoms with Crippen LogP contribution in [0, 0.1) is 23.7 Å². The maximum atomic E-state index is 12.3. The maximum absolute atomic E-state index is 12.3. The minimum Gasteiger partial charge on any atom is -0.349 e. The first-order chi connectivity index (χ1) is 7.77. The third-order valence-electron chi connectivity index (χ3n) is 5.24. The standard InChI is InChI=1S/C13H18O3/c1-2-15-13-6-8-7-4-3-5-9(16-13)10(7)11(13)12(8)14/h7-11H,2-6H2,1H3/t7-,8+,9-,10+,11-,13+/m0/s1. The van der Waals surface area contributed by atoms with Crippen molar-refractivity contribution >= 4 is 5.78 Å². The van der Waals surface area contributed by atoms with Crippen molar-refractivity contribution in [3.05, 3.63) is 0 Å². The number of carbonyl (C=O) groups excluding carboxylic acids is 1. The molecular formula is C13H18O3. The highest BCUT2D eigenvalue weighted by atomic mass is 16.7. The second-order valence-corrected chi connectivity index (χ2v) is 5.76. The van der Waals surface area contributed by atoms with Crippen molar-refractivity contribution in [1.82, 2.24) is 0 Å². The van der Waals surface area contributed by atoms with Gasteiger partial charge in [0.1, 0.15) is 5.78 Å². The number of ketones is 1. The lowest BCUT2D eigenvalue weighted by molar-refractivity contribution is -0.234. The predicted molar refractivity (Wildman–Crippen MR) is 56.7 cm³/mol. The van der Waals surface area contributed by atoms with Gasteiger partial charge in [-0.3, -0.25) is 4.79 Å². The summed E-state index contributed by atoms with van der Waals surface area (Å²) in [7, 11) is 0. The predicted octanol–water partition coefficient (Wildman–Crippen LogP) is 1.75. The van der Waals surface area contributed by atoms with Crippen LogP contribution in [0.5, 0.6) is 0 Å². The van der Waals surface area contributed by atoms with E-state index in [2.05, 4.69) is 0 Å². The lowest BCUT2D eigenvalue weighted by atomic mass is 9.70. The number of hydrogen-bond donors (Lipinski definition) is 0. The minimum atomic E-state index is -0.507. The fourth-order valence-electron chi connectivity index (χ4n) is 4.92. The van der Waals surface area contributed by atoms with E-state index in [1.807, 2.05) is 6.92 Å². The number of hydrogen-bond acceptors (Lipinski definition) is 3. The minimum absolute atomic E-state index is 0.0766. The summed E-state index contributed by atoms with van der Waals surface area (Å²) in [4.78, 5) is 12.3. The normalized spacial score (nSPS) is 57.3. The van der Waals surface area contributed by atoms with E-state index in [4.69, 9.17) is 9.47 Å². The van der Waals surface area contributed by atoms with Crippen molar-refractivity contribution in [1.29, 1.82) is 0 Å². The third kappa shape index (κ3) is 0.876. The van der Waals surface area contributed by atoms with E-state index in [0.717, 1.165) is 12.8 Å². The molecular weight excluding hydrogens is 204 g/mol. The van der Waals surface area contributed by atoms with Crippen LogP contribution in [0.25, 0.3) is 0 Å². The van der Waals surface area contributed by atoms with Crippen molar-refractivity contribution < 1.29 is 14.3 Å². The van der Waals surface area contributed by atoms with Gasteiger partial charge >= 0.3 is 0 Å². The average molecular weight is 222 g/mol. The molecule has 3 saturated carbocycles. The Morgan fingerprint density at radius 2 is 2.38 bits per heavy atom. The van der Waals surface area contributed by atoms with E-state index in [-0.39, 0.29) is 11.8 Å². The number of rotatable bonds is 2. The second kappa shape index (κ2) is 2.88. The van der Waals surface area contributed by atoms with Crippen LogP contribution in [-0.4, -0.2) is 24.3 Å². The molecule has 4 aliphatic rings. The van der Waals surface area contributed by atoms with Crippen LogP contribution in [0.2, 0.25) is 0 Å². The summed E-state index contributed by atoms with van der Waals surface area (Å²) < 4.78 is 12.0. The van der Waals surface area contributed by atoms with E-state index in [1.165, 1.54) is 12.8 Å². The fraction of sp³-hybridized carbons (Fsp3) is 0.923. The summed E-state index contributed by atoms with van der Waals surface area (Å²) in [5.74, 6) is 1.39. The topological polar surface area (TPSA) is 35.5 Å². The lowest BCUT2D eigenvalue weighted by Crippen LogP contribution is -2.40.